The molecule has 1 spiro atoms. The number of anilines is 3. The molecule has 2 aliphatic heterocycles. The lowest BCUT2D eigenvalue weighted by atomic mass is 9.63. The SMILES string of the molecule is c1ccc(-c2ccc(N(c3ccc(C4CCCCC4)cc3)c3ccc4c(c3)C3(c5ccccc5O4)c4ccccc4Sc4ccccc43)cc2)cc1. The van der Waals surface area contributed by atoms with Gasteiger partial charge < -0.3 is 9.64 Å². The van der Waals surface area contributed by atoms with Crippen molar-refractivity contribution in [3.8, 4) is 22.6 Å². The average molecular weight is 690 g/mol. The molecule has 2 heterocycles. The molecule has 0 N–H and O–H groups in total. The fourth-order valence-electron chi connectivity index (χ4n) is 8.96. The van der Waals surface area contributed by atoms with Crippen LogP contribution in [0.3, 0.4) is 0 Å². The number of ether oxygens (including phenoxy) is 1. The zero-order valence-electron chi connectivity index (χ0n) is 29.0. The Kier molecular flexibility index (Phi) is 7.76. The number of para-hydroxylation sites is 1. The summed E-state index contributed by atoms with van der Waals surface area (Å²) < 4.78 is 6.80. The summed E-state index contributed by atoms with van der Waals surface area (Å²) in [6.07, 6.45) is 6.61. The number of hydrogen-bond donors (Lipinski definition) is 0. The second-order valence-corrected chi connectivity index (χ2v) is 15.4. The van der Waals surface area contributed by atoms with Gasteiger partial charge in [0.2, 0.25) is 0 Å². The minimum absolute atomic E-state index is 0.549. The molecule has 10 rings (SSSR count). The molecule has 3 aliphatic rings. The van der Waals surface area contributed by atoms with Crippen molar-refractivity contribution in [1.82, 2.24) is 0 Å². The van der Waals surface area contributed by atoms with Crippen molar-refractivity contribution in [2.24, 2.45) is 0 Å². The molecule has 0 bridgehead atoms. The van der Waals surface area contributed by atoms with E-state index in [9.17, 15) is 0 Å². The maximum absolute atomic E-state index is 6.80. The Hall–Kier alpha value is -5.51. The van der Waals surface area contributed by atoms with Crippen LogP contribution in [-0.4, -0.2) is 0 Å². The van der Waals surface area contributed by atoms with Crippen LogP contribution in [0.2, 0.25) is 0 Å². The Labute approximate surface area is 310 Å². The number of hydrogen-bond acceptors (Lipinski definition) is 3. The highest BCUT2D eigenvalue weighted by Gasteiger charge is 2.49. The molecule has 3 heteroatoms. The first-order valence-electron chi connectivity index (χ1n) is 18.6. The highest BCUT2D eigenvalue weighted by molar-refractivity contribution is 7.99. The molecule has 1 aliphatic carbocycles. The van der Waals surface area contributed by atoms with Gasteiger partial charge in [0.25, 0.3) is 0 Å². The molecule has 0 aromatic heterocycles. The Bertz CT molecular complexity index is 2290. The van der Waals surface area contributed by atoms with Gasteiger partial charge in [0.15, 0.2) is 0 Å². The van der Waals surface area contributed by atoms with E-state index in [0.717, 1.165) is 34.1 Å². The van der Waals surface area contributed by atoms with Crippen molar-refractivity contribution in [2.75, 3.05) is 4.90 Å². The van der Waals surface area contributed by atoms with Crippen LogP contribution in [0.5, 0.6) is 11.5 Å². The fraction of sp³-hybridized carbons (Fsp3) is 0.143. The van der Waals surface area contributed by atoms with Crippen LogP contribution in [0.4, 0.5) is 17.1 Å². The van der Waals surface area contributed by atoms with Crippen LogP contribution in [0, 0.1) is 0 Å². The second kappa shape index (κ2) is 12.9. The predicted molar refractivity (Wildman–Crippen MR) is 215 cm³/mol. The van der Waals surface area contributed by atoms with E-state index in [4.69, 9.17) is 4.74 Å². The summed E-state index contributed by atoms with van der Waals surface area (Å²) >= 11 is 1.86. The molecule has 7 aromatic carbocycles. The first-order chi connectivity index (χ1) is 25.8. The minimum Gasteiger partial charge on any atom is -0.457 e. The third-order valence-electron chi connectivity index (χ3n) is 11.4. The maximum Gasteiger partial charge on any atom is 0.132 e. The molecular weight excluding hydrogens is 651 g/mol. The number of benzene rings is 7. The summed E-state index contributed by atoms with van der Waals surface area (Å²) in [5.74, 6) is 2.46. The second-order valence-electron chi connectivity index (χ2n) is 14.3. The Balaban J connectivity index is 1.18. The molecule has 0 amide bonds. The van der Waals surface area contributed by atoms with E-state index in [1.807, 2.05) is 11.8 Å². The molecule has 0 atom stereocenters. The Morgan fingerprint density at radius 1 is 0.462 bits per heavy atom. The monoisotopic (exact) mass is 689 g/mol. The van der Waals surface area contributed by atoms with E-state index in [1.165, 1.54) is 75.3 Å². The van der Waals surface area contributed by atoms with Crippen LogP contribution >= 0.6 is 11.8 Å². The fourth-order valence-corrected chi connectivity index (χ4v) is 10.1. The van der Waals surface area contributed by atoms with Gasteiger partial charge in [-0.1, -0.05) is 140 Å². The lowest BCUT2D eigenvalue weighted by Crippen LogP contribution is -2.36. The van der Waals surface area contributed by atoms with Crippen molar-refractivity contribution in [3.05, 3.63) is 198 Å². The van der Waals surface area contributed by atoms with E-state index in [-0.39, 0.29) is 0 Å². The highest BCUT2D eigenvalue weighted by atomic mass is 32.2. The number of rotatable bonds is 5. The predicted octanol–water partition coefficient (Wildman–Crippen LogP) is 13.8. The molecule has 1 saturated carbocycles. The summed E-state index contributed by atoms with van der Waals surface area (Å²) in [6.45, 7) is 0. The van der Waals surface area contributed by atoms with Crippen LogP contribution in [0.1, 0.15) is 65.8 Å². The van der Waals surface area contributed by atoms with E-state index in [1.54, 1.807) is 0 Å². The third kappa shape index (κ3) is 5.10. The van der Waals surface area contributed by atoms with Gasteiger partial charge in [0.05, 0.1) is 5.41 Å². The zero-order chi connectivity index (χ0) is 34.5. The largest absolute Gasteiger partial charge is 0.457 e. The van der Waals surface area contributed by atoms with Gasteiger partial charge in [-0.15, -0.1) is 0 Å². The van der Waals surface area contributed by atoms with Gasteiger partial charge in [-0.25, -0.2) is 0 Å². The van der Waals surface area contributed by atoms with Gasteiger partial charge in [-0.3, -0.25) is 0 Å². The van der Waals surface area contributed by atoms with Crippen molar-refractivity contribution < 1.29 is 4.74 Å². The number of fused-ring (bicyclic) bond motifs is 8. The smallest absolute Gasteiger partial charge is 0.132 e. The molecule has 0 unspecified atom stereocenters. The van der Waals surface area contributed by atoms with Crippen LogP contribution in [0.15, 0.2) is 180 Å². The standard InChI is InChI=1S/C49H39NOS/c1-3-13-34(14-4-1)36-23-27-38(28-24-36)50(39-29-25-37(26-30-39)35-15-5-2-6-16-35)40-31-32-46-44(33-40)49(41-17-7-10-20-45(41)51-46)42-18-8-11-21-47(42)52-48-22-12-9-19-43(48)49/h1,3-4,7-14,17-33,35H,2,5-6,15-16H2. The van der Waals surface area contributed by atoms with E-state index in [0.29, 0.717) is 5.92 Å². The van der Waals surface area contributed by atoms with Crippen molar-refractivity contribution in [1.29, 1.82) is 0 Å². The van der Waals surface area contributed by atoms with Gasteiger partial charge in [0, 0.05) is 38.0 Å². The molecule has 0 radical (unpaired) electrons. The quantitative estimate of drug-likeness (QED) is 0.178. The lowest BCUT2D eigenvalue weighted by molar-refractivity contribution is 0.431. The molecule has 2 nitrogen and oxygen atoms in total. The van der Waals surface area contributed by atoms with Crippen molar-refractivity contribution >= 4 is 28.8 Å². The minimum atomic E-state index is -0.549. The van der Waals surface area contributed by atoms with Crippen LogP contribution in [0.25, 0.3) is 11.1 Å². The van der Waals surface area contributed by atoms with Gasteiger partial charge in [-0.05, 0) is 107 Å². The highest BCUT2D eigenvalue weighted by Crippen LogP contribution is 2.62. The maximum atomic E-state index is 6.80. The van der Waals surface area contributed by atoms with Gasteiger partial charge in [0.1, 0.15) is 11.5 Å². The molecule has 0 saturated heterocycles. The van der Waals surface area contributed by atoms with Gasteiger partial charge >= 0.3 is 0 Å². The summed E-state index contributed by atoms with van der Waals surface area (Å²) in [5, 5.41) is 0. The van der Waals surface area contributed by atoms with Crippen molar-refractivity contribution in [2.45, 2.75) is 53.2 Å². The number of nitrogens with zero attached hydrogens (tertiary/aromatic N) is 1. The van der Waals surface area contributed by atoms with Gasteiger partial charge in [-0.2, -0.15) is 0 Å². The zero-order valence-corrected chi connectivity index (χ0v) is 29.9. The summed E-state index contributed by atoms with van der Waals surface area (Å²) in [4.78, 5) is 4.98. The third-order valence-corrected chi connectivity index (χ3v) is 12.6. The van der Waals surface area contributed by atoms with Crippen molar-refractivity contribution in [3.63, 3.8) is 0 Å². The normalized spacial score (nSPS) is 15.5. The summed E-state index contributed by atoms with van der Waals surface area (Å²) in [5.41, 5.74) is 11.6. The molecular formula is C49H39NOS. The summed E-state index contributed by atoms with van der Waals surface area (Å²) in [7, 11) is 0. The lowest BCUT2D eigenvalue weighted by Gasteiger charge is -2.45. The van der Waals surface area contributed by atoms with E-state index >= 15 is 0 Å². The Morgan fingerprint density at radius 3 is 1.69 bits per heavy atom. The molecule has 7 aromatic rings. The summed E-state index contributed by atoms with van der Waals surface area (Å²) in [6, 6.07) is 62.4. The average Bonchev–Trinajstić information content (AvgIpc) is 3.22. The Morgan fingerprint density at radius 2 is 1.00 bits per heavy atom. The topological polar surface area (TPSA) is 12.5 Å². The van der Waals surface area contributed by atoms with Crippen LogP contribution in [-0.2, 0) is 5.41 Å². The molecule has 1 fully saturated rings. The first-order valence-corrected chi connectivity index (χ1v) is 19.4. The van der Waals surface area contributed by atoms with Crippen LogP contribution < -0.4 is 9.64 Å². The molecule has 52 heavy (non-hydrogen) atoms. The van der Waals surface area contributed by atoms with E-state index < -0.39 is 5.41 Å². The molecule has 252 valence electrons. The van der Waals surface area contributed by atoms with E-state index in [2.05, 4.69) is 175 Å². The first kappa shape index (κ1) is 31.2.